The summed E-state index contributed by atoms with van der Waals surface area (Å²) in [6.45, 7) is 0. The van der Waals surface area contributed by atoms with E-state index in [9.17, 15) is 0 Å². The van der Waals surface area contributed by atoms with E-state index < -0.39 is 0 Å². The first kappa shape index (κ1) is 5.96. The zero-order valence-electron chi connectivity index (χ0n) is 5.61. The third kappa shape index (κ3) is 0.778. The molecule has 0 amide bonds. The molecule has 0 aliphatic carbocycles. The maximum atomic E-state index is 5.51. The first-order chi connectivity index (χ1) is 5.27. The summed E-state index contributed by atoms with van der Waals surface area (Å²) >= 11 is 0. The molecule has 2 heterocycles. The highest BCUT2D eigenvalue weighted by molar-refractivity contribution is 5.87. The topological polar surface area (TPSA) is 91.0 Å². The number of fused-ring (bicyclic) bond motifs is 1. The molecule has 2 aromatic heterocycles. The summed E-state index contributed by atoms with van der Waals surface area (Å²) in [5.74, 6) is 0.512. The van der Waals surface area contributed by atoms with Gasteiger partial charge in [-0.15, -0.1) is 0 Å². The summed E-state index contributed by atoms with van der Waals surface area (Å²) in [5.41, 5.74) is 11.5. The smallest absolute Gasteiger partial charge is 0.222 e. The average molecular weight is 150 g/mol. The van der Waals surface area contributed by atoms with Crippen LogP contribution in [0, 0.1) is 0 Å². The third-order valence-electron chi connectivity index (χ3n) is 1.39. The molecule has 11 heavy (non-hydrogen) atoms. The number of furan rings is 1. The van der Waals surface area contributed by atoms with Gasteiger partial charge >= 0.3 is 0 Å². The Bertz CT molecular complexity index is 394. The summed E-state index contributed by atoms with van der Waals surface area (Å²) < 4.78 is 4.86. The minimum absolute atomic E-state index is 0.163. The molecule has 56 valence electrons. The fourth-order valence-corrected chi connectivity index (χ4v) is 0.901. The van der Waals surface area contributed by atoms with Crippen LogP contribution in [0.5, 0.6) is 0 Å². The largest absolute Gasteiger partial charge is 0.469 e. The number of aromatic nitrogens is 2. The van der Waals surface area contributed by atoms with Crippen LogP contribution in [0.4, 0.5) is 11.8 Å². The Morgan fingerprint density at radius 3 is 2.82 bits per heavy atom. The summed E-state index contributed by atoms with van der Waals surface area (Å²) in [5, 5.41) is 0.694. The maximum absolute atomic E-state index is 5.51. The Morgan fingerprint density at radius 1 is 1.18 bits per heavy atom. The minimum atomic E-state index is 0.163. The van der Waals surface area contributed by atoms with Crippen LogP contribution in [0.25, 0.3) is 10.9 Å². The predicted octanol–water partition coefficient (Wildman–Crippen LogP) is 0.387. The second-order valence-corrected chi connectivity index (χ2v) is 2.14. The van der Waals surface area contributed by atoms with Crippen molar-refractivity contribution in [2.45, 2.75) is 0 Å². The number of anilines is 2. The van der Waals surface area contributed by atoms with Crippen molar-refractivity contribution in [3.8, 4) is 0 Å². The Kier molecular flexibility index (Phi) is 1.00. The Hall–Kier alpha value is -1.78. The molecule has 0 bridgehead atoms. The van der Waals surface area contributed by atoms with Crippen LogP contribution >= 0.6 is 0 Å². The van der Waals surface area contributed by atoms with E-state index in [0.717, 1.165) is 0 Å². The van der Waals surface area contributed by atoms with Gasteiger partial charge in [0.15, 0.2) is 0 Å². The van der Waals surface area contributed by atoms with E-state index >= 15 is 0 Å². The summed E-state index contributed by atoms with van der Waals surface area (Å²) in [6, 6.07) is 0. The number of rotatable bonds is 0. The predicted molar refractivity (Wildman–Crippen MR) is 40.6 cm³/mol. The van der Waals surface area contributed by atoms with E-state index in [4.69, 9.17) is 15.9 Å². The van der Waals surface area contributed by atoms with Gasteiger partial charge in [0, 0.05) is 0 Å². The highest BCUT2D eigenvalue weighted by Crippen LogP contribution is 2.18. The molecule has 0 unspecified atom stereocenters. The molecule has 0 saturated heterocycles. The van der Waals surface area contributed by atoms with Crippen molar-refractivity contribution >= 4 is 22.7 Å². The Labute approximate surface area is 62.0 Å². The zero-order valence-corrected chi connectivity index (χ0v) is 5.61. The molecule has 0 radical (unpaired) electrons. The highest BCUT2D eigenvalue weighted by Gasteiger charge is 2.03. The fourth-order valence-electron chi connectivity index (χ4n) is 0.901. The normalized spacial score (nSPS) is 10.5. The van der Waals surface area contributed by atoms with E-state index in [1.54, 1.807) is 0 Å². The summed E-state index contributed by atoms with van der Waals surface area (Å²) in [6.07, 6.45) is 2.97. The van der Waals surface area contributed by atoms with Crippen molar-refractivity contribution in [3.05, 3.63) is 12.5 Å². The first-order valence-electron chi connectivity index (χ1n) is 3.02. The van der Waals surface area contributed by atoms with E-state index in [2.05, 4.69) is 9.97 Å². The molecule has 0 fully saturated rings. The molecular formula is C6H6N4O. The van der Waals surface area contributed by atoms with Crippen molar-refractivity contribution in [1.29, 1.82) is 0 Å². The van der Waals surface area contributed by atoms with Gasteiger partial charge in [0.1, 0.15) is 23.9 Å². The van der Waals surface area contributed by atoms with Gasteiger partial charge in [-0.25, -0.2) is 4.98 Å². The van der Waals surface area contributed by atoms with Crippen molar-refractivity contribution < 1.29 is 4.42 Å². The molecule has 0 saturated carbocycles. The van der Waals surface area contributed by atoms with Gasteiger partial charge in [-0.05, 0) is 0 Å². The minimum Gasteiger partial charge on any atom is -0.469 e. The van der Waals surface area contributed by atoms with E-state index in [-0.39, 0.29) is 5.95 Å². The van der Waals surface area contributed by atoms with Crippen molar-refractivity contribution in [2.75, 3.05) is 11.5 Å². The van der Waals surface area contributed by atoms with E-state index in [1.165, 1.54) is 12.5 Å². The quantitative estimate of drug-likeness (QED) is 0.566. The van der Waals surface area contributed by atoms with E-state index in [0.29, 0.717) is 16.7 Å². The van der Waals surface area contributed by atoms with Gasteiger partial charge in [-0.3, -0.25) is 0 Å². The molecule has 4 N–H and O–H groups in total. The van der Waals surface area contributed by atoms with Gasteiger partial charge in [0.2, 0.25) is 5.95 Å². The standard InChI is InChI=1S/C6H6N4O/c7-5-3-1-11-2-4(3)9-6(8)10-5/h1-2H,(H4,7,8,9,10). The molecule has 2 aromatic rings. The van der Waals surface area contributed by atoms with E-state index in [1.807, 2.05) is 0 Å². The number of nitrogens with two attached hydrogens (primary N) is 2. The number of hydrogen-bond acceptors (Lipinski definition) is 5. The molecule has 2 rings (SSSR count). The molecule has 5 heteroatoms. The Morgan fingerprint density at radius 2 is 2.00 bits per heavy atom. The van der Waals surface area contributed by atoms with Gasteiger partial charge < -0.3 is 15.9 Å². The lowest BCUT2D eigenvalue weighted by molar-refractivity contribution is 0.572. The first-order valence-corrected chi connectivity index (χ1v) is 3.02. The Balaban J connectivity index is 2.91. The second kappa shape index (κ2) is 1.85. The zero-order chi connectivity index (χ0) is 7.84. The molecule has 0 aromatic carbocycles. The molecule has 0 spiro atoms. The fraction of sp³-hybridized carbons (Fsp3) is 0. The SMILES string of the molecule is Nc1nc(N)c2cocc2n1. The van der Waals surface area contributed by atoms with Crippen LogP contribution in [0.15, 0.2) is 16.9 Å². The maximum Gasteiger partial charge on any atom is 0.222 e. The van der Waals surface area contributed by atoms with Crippen molar-refractivity contribution in [1.82, 2.24) is 9.97 Å². The van der Waals surface area contributed by atoms with Crippen molar-refractivity contribution in [2.24, 2.45) is 0 Å². The lowest BCUT2D eigenvalue weighted by Gasteiger charge is -1.94. The lowest BCUT2D eigenvalue weighted by Crippen LogP contribution is -1.98. The number of nitrogen functional groups attached to an aromatic ring is 2. The second-order valence-electron chi connectivity index (χ2n) is 2.14. The van der Waals surface area contributed by atoms with Crippen LogP contribution in [0.1, 0.15) is 0 Å². The third-order valence-corrected chi connectivity index (χ3v) is 1.39. The summed E-state index contributed by atoms with van der Waals surface area (Å²) in [7, 11) is 0. The number of nitrogens with zero attached hydrogens (tertiary/aromatic N) is 2. The van der Waals surface area contributed by atoms with Gasteiger partial charge in [0.25, 0.3) is 0 Å². The molecular weight excluding hydrogens is 144 g/mol. The highest BCUT2D eigenvalue weighted by atomic mass is 16.3. The van der Waals surface area contributed by atoms with Gasteiger partial charge in [0.05, 0.1) is 5.39 Å². The monoisotopic (exact) mass is 150 g/mol. The van der Waals surface area contributed by atoms with Crippen LogP contribution in [-0.2, 0) is 0 Å². The molecule has 0 aliphatic heterocycles. The van der Waals surface area contributed by atoms with Crippen LogP contribution < -0.4 is 11.5 Å². The van der Waals surface area contributed by atoms with Gasteiger partial charge in [-0.2, -0.15) is 4.98 Å². The molecule has 5 nitrogen and oxygen atoms in total. The van der Waals surface area contributed by atoms with Gasteiger partial charge in [-0.1, -0.05) is 0 Å². The summed E-state index contributed by atoms with van der Waals surface area (Å²) in [4.78, 5) is 7.65. The molecule has 0 aliphatic rings. The molecule has 0 atom stereocenters. The number of hydrogen-bond donors (Lipinski definition) is 2. The van der Waals surface area contributed by atoms with Crippen molar-refractivity contribution in [3.63, 3.8) is 0 Å². The lowest BCUT2D eigenvalue weighted by atomic mass is 10.4. The van der Waals surface area contributed by atoms with Crippen LogP contribution in [0.3, 0.4) is 0 Å². The van der Waals surface area contributed by atoms with Crippen LogP contribution in [-0.4, -0.2) is 9.97 Å². The van der Waals surface area contributed by atoms with Crippen LogP contribution in [0.2, 0.25) is 0 Å². The average Bonchev–Trinajstić information content (AvgIpc) is 2.34.